The molecule has 35 heavy (non-hydrogen) atoms. The molecular formula is C25H28FN5O4. The van der Waals surface area contributed by atoms with Crippen molar-refractivity contribution in [2.75, 3.05) is 38.7 Å². The van der Waals surface area contributed by atoms with E-state index in [1.165, 1.54) is 19.2 Å². The average molecular weight is 482 g/mol. The van der Waals surface area contributed by atoms with Crippen LogP contribution in [0.1, 0.15) is 48.8 Å². The zero-order valence-electron chi connectivity index (χ0n) is 20.2. The number of piperidine rings is 1. The third kappa shape index (κ3) is 3.96. The second-order valence-electron chi connectivity index (χ2n) is 9.54. The Bertz CT molecular complexity index is 1300. The topological polar surface area (TPSA) is 89.8 Å². The molecule has 0 atom stereocenters. The van der Waals surface area contributed by atoms with Gasteiger partial charge in [-0.15, -0.1) is 0 Å². The first-order valence-electron chi connectivity index (χ1n) is 11.7. The number of likely N-dealkylation sites (N-methyl/N-ethyl adjacent to an activating group) is 1. The number of benzene rings is 1. The van der Waals surface area contributed by atoms with Gasteiger partial charge < -0.3 is 19.3 Å². The molecule has 0 N–H and O–H groups in total. The summed E-state index contributed by atoms with van der Waals surface area (Å²) < 4.78 is 25.9. The molecule has 1 aromatic carbocycles. The van der Waals surface area contributed by atoms with Crippen molar-refractivity contribution in [3.05, 3.63) is 47.5 Å². The van der Waals surface area contributed by atoms with Crippen molar-refractivity contribution >= 4 is 28.8 Å². The number of halogens is 1. The number of esters is 1. The maximum Gasteiger partial charge on any atom is 0.410 e. The molecule has 2 aliphatic rings. The molecule has 5 rings (SSSR count). The second-order valence-corrected chi connectivity index (χ2v) is 9.54. The molecule has 0 bridgehead atoms. The fourth-order valence-corrected chi connectivity index (χ4v) is 4.96. The molecular weight excluding hydrogens is 453 g/mol. The van der Waals surface area contributed by atoms with Crippen molar-refractivity contribution < 1.29 is 23.5 Å². The number of methoxy groups -OCH3 is 1. The molecule has 2 aromatic heterocycles. The van der Waals surface area contributed by atoms with Crippen molar-refractivity contribution in [1.82, 2.24) is 19.7 Å². The number of aromatic nitrogens is 3. The van der Waals surface area contributed by atoms with E-state index < -0.39 is 11.6 Å². The third-order valence-electron chi connectivity index (χ3n) is 6.81. The Labute approximate surface area is 202 Å². The molecule has 2 aliphatic heterocycles. The summed E-state index contributed by atoms with van der Waals surface area (Å²) in [6.45, 7) is 5.94. The van der Waals surface area contributed by atoms with Crippen LogP contribution in [0.15, 0.2) is 30.3 Å². The summed E-state index contributed by atoms with van der Waals surface area (Å²) in [5.74, 6) is -0.825. The van der Waals surface area contributed by atoms with E-state index in [1.807, 2.05) is 13.8 Å². The normalized spacial score (nSPS) is 17.5. The van der Waals surface area contributed by atoms with E-state index in [0.717, 1.165) is 16.8 Å². The Morgan fingerprint density at radius 1 is 1.20 bits per heavy atom. The van der Waals surface area contributed by atoms with Crippen LogP contribution >= 0.6 is 0 Å². The number of amides is 1. The van der Waals surface area contributed by atoms with Crippen molar-refractivity contribution in [3.8, 4) is 5.69 Å². The van der Waals surface area contributed by atoms with Gasteiger partial charge in [0.05, 0.1) is 36.1 Å². The van der Waals surface area contributed by atoms with Crippen LogP contribution in [0.5, 0.6) is 0 Å². The predicted molar refractivity (Wildman–Crippen MR) is 128 cm³/mol. The summed E-state index contributed by atoms with van der Waals surface area (Å²) in [6.07, 6.45) is 1.05. The first kappa shape index (κ1) is 23.1. The van der Waals surface area contributed by atoms with Gasteiger partial charge in [0.15, 0.2) is 11.3 Å². The molecule has 1 amide bonds. The van der Waals surface area contributed by atoms with Gasteiger partial charge in [-0.05, 0) is 36.2 Å². The third-order valence-corrected chi connectivity index (χ3v) is 6.81. The molecule has 2 fully saturated rings. The number of hydrogen-bond acceptors (Lipinski definition) is 7. The number of pyridine rings is 1. The molecule has 4 heterocycles. The minimum absolute atomic E-state index is 0.0734. The van der Waals surface area contributed by atoms with Crippen LogP contribution in [0, 0.1) is 5.82 Å². The summed E-state index contributed by atoms with van der Waals surface area (Å²) in [6, 6.07) is 7.75. The number of fused-ring (bicyclic) bond motifs is 1. The molecule has 1 spiro atoms. The highest BCUT2D eigenvalue weighted by Gasteiger charge is 2.46. The van der Waals surface area contributed by atoms with Crippen LogP contribution in [0.2, 0.25) is 0 Å². The van der Waals surface area contributed by atoms with Gasteiger partial charge >= 0.3 is 12.1 Å². The van der Waals surface area contributed by atoms with Crippen molar-refractivity contribution in [3.63, 3.8) is 0 Å². The maximum absolute atomic E-state index is 13.6. The van der Waals surface area contributed by atoms with Gasteiger partial charge in [-0.3, -0.25) is 0 Å². The number of ether oxygens (including phenoxy) is 2. The highest BCUT2D eigenvalue weighted by molar-refractivity contribution is 5.99. The monoisotopic (exact) mass is 481 g/mol. The van der Waals surface area contributed by atoms with Crippen LogP contribution < -0.4 is 4.90 Å². The summed E-state index contributed by atoms with van der Waals surface area (Å²) in [5, 5.41) is 5.68. The minimum Gasteiger partial charge on any atom is -0.464 e. The van der Waals surface area contributed by atoms with E-state index in [9.17, 15) is 14.0 Å². The average Bonchev–Trinajstić information content (AvgIpc) is 3.36. The fraction of sp³-hybridized carbons (Fsp3) is 0.440. The van der Waals surface area contributed by atoms with Gasteiger partial charge in [0.25, 0.3) is 0 Å². The van der Waals surface area contributed by atoms with E-state index in [1.54, 1.807) is 34.8 Å². The van der Waals surface area contributed by atoms with E-state index >= 15 is 0 Å². The second kappa shape index (κ2) is 8.51. The zero-order valence-corrected chi connectivity index (χ0v) is 20.2. The predicted octanol–water partition coefficient (Wildman–Crippen LogP) is 3.89. The molecule has 184 valence electrons. The minimum atomic E-state index is -0.550. The molecule has 0 aliphatic carbocycles. The number of carbonyl (C=O) groups is 2. The molecule has 10 heteroatoms. The summed E-state index contributed by atoms with van der Waals surface area (Å²) in [4.78, 5) is 33.0. The van der Waals surface area contributed by atoms with Crippen molar-refractivity contribution in [2.24, 2.45) is 0 Å². The summed E-state index contributed by atoms with van der Waals surface area (Å²) in [5.41, 5.74) is 2.49. The van der Waals surface area contributed by atoms with Crippen LogP contribution in [0.3, 0.4) is 0 Å². The van der Waals surface area contributed by atoms with Crippen LogP contribution in [0.4, 0.5) is 14.9 Å². The molecule has 0 radical (unpaired) electrons. The standard InChI is InChI=1S/C25H28FN5O4/c1-15(2)21-20-19(30-11-9-25(10-12-30)14-29(3)24(33)35-25)13-18(23(32)34-4)27-22(20)31(28-21)17-7-5-16(26)6-8-17/h5-8,13,15H,9-12,14H2,1-4H3. The molecule has 3 aromatic rings. The Morgan fingerprint density at radius 3 is 2.46 bits per heavy atom. The van der Waals surface area contributed by atoms with E-state index in [4.69, 9.17) is 14.6 Å². The molecule has 2 saturated heterocycles. The number of carbonyl (C=O) groups excluding carboxylic acids is 2. The van der Waals surface area contributed by atoms with Gasteiger partial charge in [-0.1, -0.05) is 13.8 Å². The number of nitrogens with zero attached hydrogens (tertiary/aromatic N) is 5. The Morgan fingerprint density at radius 2 is 1.89 bits per heavy atom. The lowest BCUT2D eigenvalue weighted by Crippen LogP contribution is -2.46. The maximum atomic E-state index is 13.6. The number of hydrogen-bond donors (Lipinski definition) is 0. The Balaban J connectivity index is 1.63. The highest BCUT2D eigenvalue weighted by atomic mass is 19.1. The SMILES string of the molecule is COC(=O)c1cc(N2CCC3(CC2)CN(C)C(=O)O3)c2c(C(C)C)nn(-c3ccc(F)cc3)c2n1. The first-order valence-corrected chi connectivity index (χ1v) is 11.7. The Hall–Kier alpha value is -3.69. The van der Waals surface area contributed by atoms with Crippen LogP contribution in [-0.4, -0.2) is 71.1 Å². The lowest BCUT2D eigenvalue weighted by Gasteiger charge is -2.38. The van der Waals surface area contributed by atoms with Crippen molar-refractivity contribution in [2.45, 2.75) is 38.2 Å². The smallest absolute Gasteiger partial charge is 0.410 e. The lowest BCUT2D eigenvalue weighted by molar-refractivity contribution is 0.0366. The summed E-state index contributed by atoms with van der Waals surface area (Å²) in [7, 11) is 3.07. The van der Waals surface area contributed by atoms with E-state index in [0.29, 0.717) is 43.8 Å². The van der Waals surface area contributed by atoms with Gasteiger partial charge in [0.2, 0.25) is 0 Å². The molecule has 0 unspecified atom stereocenters. The van der Waals surface area contributed by atoms with Gasteiger partial charge in [-0.25, -0.2) is 23.6 Å². The quantitative estimate of drug-likeness (QED) is 0.522. The first-order chi connectivity index (χ1) is 16.7. The Kier molecular flexibility index (Phi) is 5.61. The summed E-state index contributed by atoms with van der Waals surface area (Å²) >= 11 is 0. The fourth-order valence-electron chi connectivity index (χ4n) is 4.96. The van der Waals surface area contributed by atoms with E-state index in [-0.39, 0.29) is 23.5 Å². The zero-order chi connectivity index (χ0) is 24.9. The van der Waals surface area contributed by atoms with E-state index in [2.05, 4.69) is 9.88 Å². The molecule has 9 nitrogen and oxygen atoms in total. The van der Waals surface area contributed by atoms with Gasteiger partial charge in [-0.2, -0.15) is 5.10 Å². The molecule has 0 saturated carbocycles. The lowest BCUT2D eigenvalue weighted by atomic mass is 9.90. The van der Waals surface area contributed by atoms with Crippen LogP contribution in [0.25, 0.3) is 16.7 Å². The number of anilines is 1. The van der Waals surface area contributed by atoms with Gasteiger partial charge in [0.1, 0.15) is 11.4 Å². The number of rotatable bonds is 4. The highest BCUT2D eigenvalue weighted by Crippen LogP contribution is 2.39. The largest absolute Gasteiger partial charge is 0.464 e. The van der Waals surface area contributed by atoms with Crippen LogP contribution in [-0.2, 0) is 9.47 Å². The van der Waals surface area contributed by atoms with Crippen molar-refractivity contribution in [1.29, 1.82) is 0 Å². The van der Waals surface area contributed by atoms with Gasteiger partial charge in [0, 0.05) is 33.0 Å².